The molecule has 0 aliphatic carbocycles. The second-order valence-electron chi connectivity index (χ2n) is 1.80. The van der Waals surface area contributed by atoms with Gasteiger partial charge in [0.2, 0.25) is 11.6 Å². The minimum absolute atomic E-state index is 0.712. The molecule has 6 heteroatoms. The topological polar surface area (TPSA) is 35.2 Å². The number of hydrogen-bond donors (Lipinski definition) is 2. The van der Waals surface area contributed by atoms with E-state index in [9.17, 15) is 13.2 Å². The molecule has 0 saturated carbocycles. The van der Waals surface area contributed by atoms with Gasteiger partial charge < -0.3 is 4.74 Å². The van der Waals surface area contributed by atoms with Crippen LogP contribution in [0.25, 0.3) is 0 Å². The molecule has 1 unspecified atom stereocenters. The van der Waals surface area contributed by atoms with Crippen molar-refractivity contribution in [1.29, 1.82) is 0 Å². The van der Waals surface area contributed by atoms with Crippen LogP contribution in [0.4, 0.5) is 13.2 Å². The molecule has 0 fully saturated rings. The Hall–Kier alpha value is -0.620. The first-order valence-electron chi connectivity index (χ1n) is 2.63. The predicted molar refractivity (Wildman–Crippen MR) is 37.6 cm³/mol. The average Bonchev–Trinajstić information content (AvgIpc) is 2.17. The fraction of sp³-hybridized carbons (Fsp3) is 0.200. The monoisotopic (exact) mass is 185 g/mol. The Morgan fingerprint density at radius 2 is 1.82 bits per heavy atom. The summed E-state index contributed by atoms with van der Waals surface area (Å²) in [5.41, 5.74) is 0. The van der Waals surface area contributed by atoms with Crippen LogP contribution in [0.5, 0.6) is 0 Å². The molecule has 0 aromatic rings. The van der Waals surface area contributed by atoms with Crippen molar-refractivity contribution in [3.05, 3.63) is 21.9 Å². The van der Waals surface area contributed by atoms with E-state index in [0.29, 0.717) is 0 Å². The third kappa shape index (κ3) is 1.12. The molecule has 0 aromatic heterocycles. The first kappa shape index (κ1) is 8.48. The highest BCUT2D eigenvalue weighted by molar-refractivity contribution is 8.21. The van der Waals surface area contributed by atoms with E-state index in [-0.39, 0.29) is 0 Å². The van der Waals surface area contributed by atoms with Crippen molar-refractivity contribution in [2.24, 2.45) is 5.14 Å². The maximum Gasteiger partial charge on any atom is 0.210 e. The van der Waals surface area contributed by atoms with Crippen LogP contribution in [0.2, 0.25) is 0 Å². The largest absolute Gasteiger partial charge is 0.490 e. The van der Waals surface area contributed by atoms with Crippen LogP contribution in [0.15, 0.2) is 21.9 Å². The number of halogens is 3. The summed E-state index contributed by atoms with van der Waals surface area (Å²) in [6, 6.07) is 0. The minimum Gasteiger partial charge on any atom is -0.490 e. The van der Waals surface area contributed by atoms with Gasteiger partial charge in [-0.25, -0.2) is 0 Å². The van der Waals surface area contributed by atoms with Crippen molar-refractivity contribution in [3.63, 3.8) is 0 Å². The van der Waals surface area contributed by atoms with Crippen LogP contribution >= 0.6 is 11.1 Å². The Balaban J connectivity index is 3.07. The van der Waals surface area contributed by atoms with E-state index in [1.165, 1.54) is 0 Å². The number of methoxy groups -OCH3 is 1. The fourth-order valence-corrected chi connectivity index (χ4v) is 1.55. The lowest BCUT2D eigenvalue weighted by Gasteiger charge is -2.03. The summed E-state index contributed by atoms with van der Waals surface area (Å²) < 4.78 is 41.8. The zero-order chi connectivity index (χ0) is 8.59. The average molecular weight is 185 g/mol. The minimum atomic E-state index is -2.25. The summed E-state index contributed by atoms with van der Waals surface area (Å²) in [7, 11) is 1.05. The molecule has 0 radical (unpaired) electrons. The Bertz CT molecular complexity index is 250. The van der Waals surface area contributed by atoms with Crippen molar-refractivity contribution in [2.75, 3.05) is 7.11 Å². The van der Waals surface area contributed by atoms with Gasteiger partial charge in [-0.1, -0.05) is 11.1 Å². The van der Waals surface area contributed by atoms with Crippen LogP contribution < -0.4 is 5.14 Å². The third-order valence-corrected chi connectivity index (χ3v) is 2.44. The maximum atomic E-state index is 12.6. The number of nitrogens with two attached hydrogens (primary N) is 1. The smallest absolute Gasteiger partial charge is 0.210 e. The molecular weight excluding hydrogens is 179 g/mol. The lowest BCUT2D eigenvalue weighted by atomic mass is 10.5. The molecule has 11 heavy (non-hydrogen) atoms. The van der Waals surface area contributed by atoms with Crippen molar-refractivity contribution in [3.8, 4) is 0 Å². The summed E-state index contributed by atoms with van der Waals surface area (Å²) in [5.74, 6) is -2.03. The standard InChI is InChI=1S/C5H6F3NOS/c1-10-3-2(6)4(7)11(9)5(3)8/h11H,9H2,1H3. The molecule has 0 saturated heterocycles. The second-order valence-corrected chi connectivity index (χ2v) is 3.32. The second kappa shape index (κ2) is 2.78. The van der Waals surface area contributed by atoms with Gasteiger partial charge >= 0.3 is 0 Å². The normalized spacial score (nSPS) is 28.3. The van der Waals surface area contributed by atoms with Crippen molar-refractivity contribution in [2.45, 2.75) is 0 Å². The van der Waals surface area contributed by atoms with Crippen LogP contribution in [0.3, 0.4) is 0 Å². The molecule has 64 valence electrons. The van der Waals surface area contributed by atoms with Crippen molar-refractivity contribution >= 4 is 11.1 Å². The number of allylic oxidation sites excluding steroid dienone is 1. The van der Waals surface area contributed by atoms with Gasteiger partial charge in [0.05, 0.1) is 7.11 Å². The Morgan fingerprint density at radius 3 is 2.00 bits per heavy atom. The van der Waals surface area contributed by atoms with Crippen LogP contribution in [0, 0.1) is 0 Å². The van der Waals surface area contributed by atoms with Gasteiger partial charge in [0.15, 0.2) is 10.3 Å². The number of hydrogen-bond acceptors (Lipinski definition) is 2. The SMILES string of the molecule is COC1=C(F)[SH](N)C(F)=C1F. The Labute approximate surface area is 64.0 Å². The van der Waals surface area contributed by atoms with Crippen molar-refractivity contribution in [1.82, 2.24) is 0 Å². The first-order chi connectivity index (χ1) is 5.09. The molecule has 1 aliphatic rings. The summed E-state index contributed by atoms with van der Waals surface area (Å²) in [4.78, 5) is 0. The van der Waals surface area contributed by atoms with Crippen LogP contribution in [0.1, 0.15) is 0 Å². The highest BCUT2D eigenvalue weighted by Gasteiger charge is 2.32. The van der Waals surface area contributed by atoms with Crippen LogP contribution in [-0.4, -0.2) is 7.11 Å². The van der Waals surface area contributed by atoms with E-state index in [1.807, 2.05) is 0 Å². The molecule has 2 N–H and O–H groups in total. The van der Waals surface area contributed by atoms with Gasteiger partial charge in [0.1, 0.15) is 0 Å². The summed E-state index contributed by atoms with van der Waals surface area (Å²) in [5, 5.41) is 2.66. The number of thiol groups is 1. The molecule has 1 atom stereocenters. The Kier molecular flexibility index (Phi) is 2.15. The molecule has 1 rings (SSSR count). The molecule has 2 nitrogen and oxygen atoms in total. The van der Waals surface area contributed by atoms with E-state index in [2.05, 4.69) is 4.74 Å². The molecule has 1 aliphatic heterocycles. The van der Waals surface area contributed by atoms with Gasteiger partial charge in [0, 0.05) is 0 Å². The number of ether oxygens (including phenoxy) is 1. The molecule has 0 aromatic carbocycles. The van der Waals surface area contributed by atoms with Crippen molar-refractivity contribution < 1.29 is 17.9 Å². The highest BCUT2D eigenvalue weighted by atomic mass is 32.2. The summed E-state index contributed by atoms with van der Waals surface area (Å²) in [6.07, 6.45) is 0. The quantitative estimate of drug-likeness (QED) is 0.610. The predicted octanol–water partition coefficient (Wildman–Crippen LogP) is 1.77. The number of rotatable bonds is 1. The highest BCUT2D eigenvalue weighted by Crippen LogP contribution is 2.50. The lowest BCUT2D eigenvalue weighted by molar-refractivity contribution is 0.272. The third-order valence-electron chi connectivity index (χ3n) is 1.19. The molecule has 0 bridgehead atoms. The van der Waals surface area contributed by atoms with E-state index in [4.69, 9.17) is 5.14 Å². The summed E-state index contributed by atoms with van der Waals surface area (Å²) >= 11 is -2.25. The van der Waals surface area contributed by atoms with Gasteiger partial charge in [-0.05, 0) is 0 Å². The zero-order valence-corrected chi connectivity index (χ0v) is 6.46. The van der Waals surface area contributed by atoms with E-state index in [0.717, 1.165) is 7.11 Å². The molecule has 1 heterocycles. The van der Waals surface area contributed by atoms with E-state index >= 15 is 0 Å². The van der Waals surface area contributed by atoms with Gasteiger partial charge in [-0.2, -0.15) is 13.2 Å². The maximum absolute atomic E-state index is 12.6. The Morgan fingerprint density at radius 1 is 1.27 bits per heavy atom. The van der Waals surface area contributed by atoms with Gasteiger partial charge in [-0.15, -0.1) is 0 Å². The van der Waals surface area contributed by atoms with E-state index < -0.39 is 33.0 Å². The lowest BCUT2D eigenvalue weighted by Crippen LogP contribution is -1.90. The van der Waals surface area contributed by atoms with Gasteiger partial charge in [-0.3, -0.25) is 5.14 Å². The van der Waals surface area contributed by atoms with Gasteiger partial charge in [0.25, 0.3) is 0 Å². The molecule has 0 amide bonds. The zero-order valence-electron chi connectivity index (χ0n) is 5.57. The first-order valence-corrected chi connectivity index (χ1v) is 4.05. The summed E-state index contributed by atoms with van der Waals surface area (Å²) in [6.45, 7) is 0. The van der Waals surface area contributed by atoms with Crippen LogP contribution in [-0.2, 0) is 4.74 Å². The van der Waals surface area contributed by atoms with E-state index in [1.54, 1.807) is 0 Å². The molecular formula is C5H6F3NOS. The fourth-order valence-electron chi connectivity index (χ4n) is 0.659. The molecule has 0 spiro atoms.